The zero-order chi connectivity index (χ0) is 13.7. The molecule has 2 rings (SSSR count). The average molecular weight is 335 g/mol. The van der Waals surface area contributed by atoms with E-state index in [4.69, 9.17) is 5.73 Å². The molecule has 0 aromatic carbocycles. The molecule has 1 aliphatic rings. The third-order valence-corrected chi connectivity index (χ3v) is 3.44. The van der Waals surface area contributed by atoms with Gasteiger partial charge in [-0.15, -0.1) is 24.8 Å². The Balaban J connectivity index is 0.00000200. The highest BCUT2D eigenvalue weighted by Gasteiger charge is 2.27. The van der Waals surface area contributed by atoms with Crippen LogP contribution in [0.3, 0.4) is 0 Å². The molecule has 3 N–H and O–H groups in total. The Hall–Kier alpha value is -0.880. The van der Waals surface area contributed by atoms with Gasteiger partial charge in [0.2, 0.25) is 0 Å². The van der Waals surface area contributed by atoms with Gasteiger partial charge in [0, 0.05) is 37.4 Å². The zero-order valence-electron chi connectivity index (χ0n) is 12.2. The normalized spacial score (nSPS) is 13.3. The average Bonchev–Trinajstić information content (AvgIpc) is 3.28. The number of pyridine rings is 1. The molecule has 1 aromatic heterocycles. The number of aromatic nitrogens is 1. The molecule has 0 radical (unpaired) electrons. The smallest absolute Gasteiger partial charge is 0.251 e. The molecule has 0 atom stereocenters. The monoisotopic (exact) mass is 334 g/mol. The SMILES string of the molecule is CCN(CCNC(=O)c1ccnc(CN)c1)C1CC1.Cl.Cl. The molecule has 1 fully saturated rings. The van der Waals surface area contributed by atoms with Gasteiger partial charge in [-0.2, -0.15) is 0 Å². The highest BCUT2D eigenvalue weighted by atomic mass is 35.5. The zero-order valence-corrected chi connectivity index (χ0v) is 13.9. The van der Waals surface area contributed by atoms with Crippen LogP contribution in [-0.4, -0.2) is 41.5 Å². The van der Waals surface area contributed by atoms with Crippen molar-refractivity contribution in [2.45, 2.75) is 32.4 Å². The van der Waals surface area contributed by atoms with E-state index in [0.717, 1.165) is 24.8 Å². The van der Waals surface area contributed by atoms with E-state index in [1.54, 1.807) is 18.3 Å². The molecular formula is C14H24Cl2N4O. The predicted molar refractivity (Wildman–Crippen MR) is 89.2 cm³/mol. The van der Waals surface area contributed by atoms with Crippen molar-refractivity contribution in [3.8, 4) is 0 Å². The minimum Gasteiger partial charge on any atom is -0.351 e. The maximum absolute atomic E-state index is 12.0. The second kappa shape index (κ2) is 9.95. The van der Waals surface area contributed by atoms with Crippen molar-refractivity contribution in [2.75, 3.05) is 19.6 Å². The van der Waals surface area contributed by atoms with Crippen LogP contribution in [0, 0.1) is 0 Å². The molecule has 120 valence electrons. The molecule has 1 amide bonds. The van der Waals surface area contributed by atoms with E-state index >= 15 is 0 Å². The number of rotatable bonds is 7. The summed E-state index contributed by atoms with van der Waals surface area (Å²) in [6.45, 7) is 5.17. The van der Waals surface area contributed by atoms with E-state index in [1.807, 2.05) is 0 Å². The minimum absolute atomic E-state index is 0. The van der Waals surface area contributed by atoms with E-state index in [9.17, 15) is 4.79 Å². The van der Waals surface area contributed by atoms with Crippen molar-refractivity contribution in [2.24, 2.45) is 5.73 Å². The lowest BCUT2D eigenvalue weighted by Crippen LogP contribution is -2.36. The van der Waals surface area contributed by atoms with Crippen molar-refractivity contribution in [3.05, 3.63) is 29.6 Å². The van der Waals surface area contributed by atoms with Crippen LogP contribution in [0.4, 0.5) is 0 Å². The third-order valence-electron chi connectivity index (χ3n) is 3.44. The number of carbonyl (C=O) groups excluding carboxylic acids is 1. The lowest BCUT2D eigenvalue weighted by molar-refractivity contribution is 0.0947. The second-order valence-electron chi connectivity index (χ2n) is 4.86. The first-order valence-electron chi connectivity index (χ1n) is 6.91. The molecular weight excluding hydrogens is 311 g/mol. The predicted octanol–water partition coefficient (Wildman–Crippen LogP) is 1.60. The molecule has 0 spiro atoms. The number of halogens is 2. The lowest BCUT2D eigenvalue weighted by Gasteiger charge is -2.19. The summed E-state index contributed by atoms with van der Waals surface area (Å²) in [5, 5.41) is 2.95. The standard InChI is InChI=1S/C14H22N4O.2ClH/c1-2-18(13-3-4-13)8-7-17-14(19)11-5-6-16-12(9-11)10-15;;/h5-6,9,13H,2-4,7-8,10,15H2,1H3,(H,17,19);2*1H. The maximum Gasteiger partial charge on any atom is 0.251 e. The number of carbonyl (C=O) groups is 1. The van der Waals surface area contributed by atoms with Crippen molar-refractivity contribution >= 4 is 30.7 Å². The van der Waals surface area contributed by atoms with E-state index in [1.165, 1.54) is 12.8 Å². The molecule has 5 nitrogen and oxygen atoms in total. The lowest BCUT2D eigenvalue weighted by atomic mass is 10.2. The van der Waals surface area contributed by atoms with Crippen LogP contribution < -0.4 is 11.1 Å². The second-order valence-corrected chi connectivity index (χ2v) is 4.86. The van der Waals surface area contributed by atoms with Gasteiger partial charge in [0.05, 0.1) is 5.69 Å². The van der Waals surface area contributed by atoms with Crippen LogP contribution in [0.1, 0.15) is 35.8 Å². The Morgan fingerprint density at radius 1 is 1.48 bits per heavy atom. The van der Waals surface area contributed by atoms with Crippen LogP contribution in [0.25, 0.3) is 0 Å². The molecule has 1 saturated carbocycles. The molecule has 1 aliphatic carbocycles. The highest BCUT2D eigenvalue weighted by Crippen LogP contribution is 2.25. The highest BCUT2D eigenvalue weighted by molar-refractivity contribution is 5.94. The number of hydrogen-bond donors (Lipinski definition) is 2. The first-order chi connectivity index (χ1) is 9.24. The number of likely N-dealkylation sites (N-methyl/N-ethyl adjacent to an activating group) is 1. The van der Waals surface area contributed by atoms with Crippen molar-refractivity contribution in [1.82, 2.24) is 15.2 Å². The number of nitrogens with one attached hydrogen (secondary N) is 1. The fraction of sp³-hybridized carbons (Fsp3) is 0.571. The molecule has 0 unspecified atom stereocenters. The van der Waals surface area contributed by atoms with Crippen molar-refractivity contribution in [1.29, 1.82) is 0 Å². The van der Waals surface area contributed by atoms with Crippen LogP contribution >= 0.6 is 24.8 Å². The fourth-order valence-corrected chi connectivity index (χ4v) is 2.18. The Morgan fingerprint density at radius 2 is 2.19 bits per heavy atom. The van der Waals surface area contributed by atoms with Crippen molar-refractivity contribution < 1.29 is 4.79 Å². The van der Waals surface area contributed by atoms with Crippen LogP contribution in [-0.2, 0) is 6.54 Å². The summed E-state index contributed by atoms with van der Waals surface area (Å²) in [6.07, 6.45) is 4.22. The number of amides is 1. The molecule has 0 bridgehead atoms. The van der Waals surface area contributed by atoms with Gasteiger partial charge in [-0.05, 0) is 31.5 Å². The minimum atomic E-state index is -0.0519. The summed E-state index contributed by atoms with van der Waals surface area (Å²) in [6, 6.07) is 4.20. The molecule has 21 heavy (non-hydrogen) atoms. The van der Waals surface area contributed by atoms with Gasteiger partial charge in [-0.25, -0.2) is 0 Å². The summed E-state index contributed by atoms with van der Waals surface area (Å²) in [5.41, 5.74) is 6.88. The first-order valence-corrected chi connectivity index (χ1v) is 6.91. The maximum atomic E-state index is 12.0. The van der Waals surface area contributed by atoms with Crippen molar-refractivity contribution in [3.63, 3.8) is 0 Å². The van der Waals surface area contributed by atoms with Gasteiger partial charge in [-0.1, -0.05) is 6.92 Å². The van der Waals surface area contributed by atoms with Crippen LogP contribution in [0.15, 0.2) is 18.3 Å². The van der Waals surface area contributed by atoms with E-state index in [-0.39, 0.29) is 30.7 Å². The first kappa shape index (κ1) is 20.1. The Kier molecular flexibility index (Phi) is 9.53. The topological polar surface area (TPSA) is 71.2 Å². The molecule has 1 heterocycles. The number of nitrogens with two attached hydrogens (primary N) is 1. The Morgan fingerprint density at radius 3 is 2.76 bits per heavy atom. The van der Waals surface area contributed by atoms with E-state index in [2.05, 4.69) is 22.1 Å². The summed E-state index contributed by atoms with van der Waals surface area (Å²) >= 11 is 0. The van der Waals surface area contributed by atoms with Gasteiger partial charge >= 0.3 is 0 Å². The van der Waals surface area contributed by atoms with Gasteiger partial charge in [0.25, 0.3) is 5.91 Å². The number of hydrogen-bond acceptors (Lipinski definition) is 4. The Labute approximate surface area is 138 Å². The van der Waals surface area contributed by atoms with Gasteiger partial charge in [0.15, 0.2) is 0 Å². The number of nitrogens with zero attached hydrogens (tertiary/aromatic N) is 2. The largest absolute Gasteiger partial charge is 0.351 e. The third kappa shape index (κ3) is 6.18. The quantitative estimate of drug-likeness (QED) is 0.794. The summed E-state index contributed by atoms with van der Waals surface area (Å²) in [4.78, 5) is 18.5. The van der Waals surface area contributed by atoms with Gasteiger partial charge in [-0.3, -0.25) is 14.7 Å². The van der Waals surface area contributed by atoms with Crippen LogP contribution in [0.2, 0.25) is 0 Å². The van der Waals surface area contributed by atoms with Gasteiger partial charge in [0.1, 0.15) is 0 Å². The Bertz CT molecular complexity index is 441. The van der Waals surface area contributed by atoms with Gasteiger partial charge < -0.3 is 11.1 Å². The molecule has 0 saturated heterocycles. The molecule has 7 heteroatoms. The van der Waals surface area contributed by atoms with Crippen LogP contribution in [0.5, 0.6) is 0 Å². The summed E-state index contributed by atoms with van der Waals surface area (Å²) in [5.74, 6) is -0.0519. The van der Waals surface area contributed by atoms with E-state index in [0.29, 0.717) is 18.7 Å². The molecule has 1 aromatic rings. The summed E-state index contributed by atoms with van der Waals surface area (Å²) in [7, 11) is 0. The summed E-state index contributed by atoms with van der Waals surface area (Å²) < 4.78 is 0. The fourth-order valence-electron chi connectivity index (χ4n) is 2.18. The van der Waals surface area contributed by atoms with E-state index < -0.39 is 0 Å². The molecule has 0 aliphatic heterocycles.